The maximum absolute atomic E-state index is 10.6. The first-order valence-corrected chi connectivity index (χ1v) is 5.65. The Morgan fingerprint density at radius 1 is 1.53 bits per heavy atom. The van der Waals surface area contributed by atoms with Crippen LogP contribution in [0.4, 0.5) is 5.69 Å². The van der Waals surface area contributed by atoms with Gasteiger partial charge in [-0.1, -0.05) is 0 Å². The number of nitro groups is 1. The quantitative estimate of drug-likeness (QED) is 0.635. The van der Waals surface area contributed by atoms with Crippen molar-refractivity contribution >= 4 is 5.69 Å². The van der Waals surface area contributed by atoms with Crippen molar-refractivity contribution < 1.29 is 9.66 Å². The maximum atomic E-state index is 10.6. The van der Waals surface area contributed by atoms with E-state index in [4.69, 9.17) is 4.74 Å². The van der Waals surface area contributed by atoms with Crippen molar-refractivity contribution in [3.8, 4) is 5.88 Å². The second kappa shape index (κ2) is 5.09. The van der Waals surface area contributed by atoms with Gasteiger partial charge in [-0.3, -0.25) is 10.1 Å². The molecule has 0 spiro atoms. The van der Waals surface area contributed by atoms with Crippen LogP contribution in [0.5, 0.6) is 5.88 Å². The van der Waals surface area contributed by atoms with Crippen molar-refractivity contribution in [1.29, 1.82) is 0 Å². The van der Waals surface area contributed by atoms with Crippen LogP contribution in [0.15, 0.2) is 12.3 Å². The van der Waals surface area contributed by atoms with E-state index in [1.165, 1.54) is 6.20 Å². The number of nitrogens with one attached hydrogen (secondary N) is 1. The third kappa shape index (κ3) is 2.91. The van der Waals surface area contributed by atoms with E-state index in [0.29, 0.717) is 11.4 Å². The van der Waals surface area contributed by atoms with Gasteiger partial charge in [0.15, 0.2) is 0 Å². The van der Waals surface area contributed by atoms with Gasteiger partial charge in [0.1, 0.15) is 12.3 Å². The number of piperidine rings is 1. The topological polar surface area (TPSA) is 77.3 Å². The highest BCUT2D eigenvalue weighted by atomic mass is 16.6. The van der Waals surface area contributed by atoms with Crippen LogP contribution in [-0.4, -0.2) is 29.1 Å². The summed E-state index contributed by atoms with van der Waals surface area (Å²) in [6.45, 7) is 3.57. The summed E-state index contributed by atoms with van der Waals surface area (Å²) in [6.07, 6.45) is 3.30. The van der Waals surface area contributed by atoms with Crippen molar-refractivity contribution in [2.24, 2.45) is 0 Å². The summed E-state index contributed by atoms with van der Waals surface area (Å²) < 4.78 is 5.70. The van der Waals surface area contributed by atoms with Crippen LogP contribution in [-0.2, 0) is 0 Å². The van der Waals surface area contributed by atoms with Crippen LogP contribution in [0, 0.1) is 17.0 Å². The van der Waals surface area contributed by atoms with Gasteiger partial charge in [-0.05, 0) is 32.9 Å². The molecule has 6 heteroatoms. The zero-order valence-corrected chi connectivity index (χ0v) is 9.68. The van der Waals surface area contributed by atoms with E-state index in [-0.39, 0.29) is 11.8 Å². The van der Waals surface area contributed by atoms with Gasteiger partial charge in [0.2, 0.25) is 5.88 Å². The first kappa shape index (κ1) is 11.8. The third-order valence-corrected chi connectivity index (χ3v) is 2.83. The SMILES string of the molecule is Cc1cc(OC2CCNCC2)ncc1[N+](=O)[O-]. The molecular formula is C11H15N3O3. The van der Waals surface area contributed by atoms with Crippen LogP contribution in [0.25, 0.3) is 0 Å². The van der Waals surface area contributed by atoms with E-state index >= 15 is 0 Å². The summed E-state index contributed by atoms with van der Waals surface area (Å²) in [7, 11) is 0. The van der Waals surface area contributed by atoms with Gasteiger partial charge in [-0.15, -0.1) is 0 Å². The first-order chi connectivity index (χ1) is 8.16. The minimum atomic E-state index is -0.434. The van der Waals surface area contributed by atoms with Crippen LogP contribution < -0.4 is 10.1 Å². The number of hydrogen-bond acceptors (Lipinski definition) is 5. The standard InChI is InChI=1S/C11H15N3O3/c1-8-6-11(13-7-10(8)14(15)16)17-9-2-4-12-5-3-9/h6-7,9,12H,2-5H2,1H3. The summed E-state index contributed by atoms with van der Waals surface area (Å²) in [5.41, 5.74) is 0.608. The Hall–Kier alpha value is -1.69. The van der Waals surface area contributed by atoms with Gasteiger partial charge >= 0.3 is 0 Å². The van der Waals surface area contributed by atoms with Gasteiger partial charge in [-0.25, -0.2) is 4.98 Å². The molecule has 1 aliphatic rings. The summed E-state index contributed by atoms with van der Waals surface area (Å²) in [5, 5.41) is 13.9. The van der Waals surface area contributed by atoms with Crippen molar-refractivity contribution in [3.05, 3.63) is 27.9 Å². The Bertz CT molecular complexity index is 416. The molecule has 17 heavy (non-hydrogen) atoms. The molecule has 1 aromatic heterocycles. The molecule has 0 unspecified atom stereocenters. The van der Waals surface area contributed by atoms with Gasteiger partial charge in [0, 0.05) is 11.6 Å². The van der Waals surface area contributed by atoms with E-state index in [1.807, 2.05) is 0 Å². The van der Waals surface area contributed by atoms with Crippen molar-refractivity contribution in [3.63, 3.8) is 0 Å². The zero-order chi connectivity index (χ0) is 12.3. The number of rotatable bonds is 3. The van der Waals surface area contributed by atoms with Crippen molar-refractivity contribution in [2.75, 3.05) is 13.1 Å². The Balaban J connectivity index is 2.06. The summed E-state index contributed by atoms with van der Waals surface area (Å²) in [5.74, 6) is 0.472. The second-order valence-electron chi connectivity index (χ2n) is 4.13. The molecule has 0 saturated carbocycles. The van der Waals surface area contributed by atoms with Gasteiger partial charge in [0.25, 0.3) is 5.69 Å². The van der Waals surface area contributed by atoms with Crippen LogP contribution in [0.2, 0.25) is 0 Å². The van der Waals surface area contributed by atoms with Crippen LogP contribution in [0.3, 0.4) is 0 Å². The molecule has 1 N–H and O–H groups in total. The summed E-state index contributed by atoms with van der Waals surface area (Å²) >= 11 is 0. The highest BCUT2D eigenvalue weighted by Gasteiger charge is 2.17. The number of nitrogens with zero attached hydrogens (tertiary/aromatic N) is 2. The summed E-state index contributed by atoms with van der Waals surface area (Å²) in [4.78, 5) is 14.2. The molecule has 0 radical (unpaired) electrons. The van der Waals surface area contributed by atoms with E-state index < -0.39 is 4.92 Å². The van der Waals surface area contributed by atoms with Crippen molar-refractivity contribution in [2.45, 2.75) is 25.9 Å². The molecule has 1 saturated heterocycles. The molecule has 1 aromatic rings. The predicted molar refractivity (Wildman–Crippen MR) is 62.1 cm³/mol. The first-order valence-electron chi connectivity index (χ1n) is 5.65. The summed E-state index contributed by atoms with van der Waals surface area (Å²) in [6, 6.07) is 1.63. The van der Waals surface area contributed by atoms with E-state index in [0.717, 1.165) is 25.9 Å². The van der Waals surface area contributed by atoms with Crippen molar-refractivity contribution in [1.82, 2.24) is 10.3 Å². The monoisotopic (exact) mass is 237 g/mol. The highest BCUT2D eigenvalue weighted by Crippen LogP contribution is 2.22. The molecule has 2 heterocycles. The predicted octanol–water partition coefficient (Wildman–Crippen LogP) is 1.43. The molecule has 0 aromatic carbocycles. The maximum Gasteiger partial charge on any atom is 0.290 e. The smallest absolute Gasteiger partial charge is 0.290 e. The Kier molecular flexibility index (Phi) is 3.53. The zero-order valence-electron chi connectivity index (χ0n) is 9.68. The molecule has 92 valence electrons. The Labute approximate surface area is 99.2 Å². The van der Waals surface area contributed by atoms with E-state index in [9.17, 15) is 10.1 Å². The number of hydrogen-bond donors (Lipinski definition) is 1. The molecule has 0 aliphatic carbocycles. The lowest BCUT2D eigenvalue weighted by Gasteiger charge is -2.23. The lowest BCUT2D eigenvalue weighted by molar-refractivity contribution is -0.385. The lowest BCUT2D eigenvalue weighted by Crippen LogP contribution is -2.34. The fourth-order valence-corrected chi connectivity index (χ4v) is 1.86. The molecule has 0 atom stereocenters. The molecule has 1 aliphatic heterocycles. The number of ether oxygens (including phenoxy) is 1. The average molecular weight is 237 g/mol. The number of aryl methyl sites for hydroxylation is 1. The van der Waals surface area contributed by atoms with E-state index in [2.05, 4.69) is 10.3 Å². The minimum Gasteiger partial charge on any atom is -0.474 e. The highest BCUT2D eigenvalue weighted by molar-refractivity contribution is 5.39. The largest absolute Gasteiger partial charge is 0.474 e. The molecular weight excluding hydrogens is 222 g/mol. The fraction of sp³-hybridized carbons (Fsp3) is 0.545. The molecule has 6 nitrogen and oxygen atoms in total. The molecule has 0 bridgehead atoms. The third-order valence-electron chi connectivity index (χ3n) is 2.83. The van der Waals surface area contributed by atoms with E-state index in [1.54, 1.807) is 13.0 Å². The minimum absolute atomic E-state index is 0.0302. The Morgan fingerprint density at radius 2 is 2.24 bits per heavy atom. The Morgan fingerprint density at radius 3 is 2.82 bits per heavy atom. The van der Waals surface area contributed by atoms with Crippen LogP contribution in [0.1, 0.15) is 18.4 Å². The van der Waals surface area contributed by atoms with Gasteiger partial charge < -0.3 is 10.1 Å². The van der Waals surface area contributed by atoms with Gasteiger partial charge in [0.05, 0.1) is 4.92 Å². The lowest BCUT2D eigenvalue weighted by atomic mass is 10.1. The molecule has 1 fully saturated rings. The molecule has 2 rings (SSSR count). The number of pyridine rings is 1. The van der Waals surface area contributed by atoms with Gasteiger partial charge in [-0.2, -0.15) is 0 Å². The average Bonchev–Trinajstić information content (AvgIpc) is 2.30. The van der Waals surface area contributed by atoms with Crippen LogP contribution >= 0.6 is 0 Å². The number of aromatic nitrogens is 1. The normalized spacial score (nSPS) is 16.8. The second-order valence-corrected chi connectivity index (χ2v) is 4.13. The molecule has 0 amide bonds. The fourth-order valence-electron chi connectivity index (χ4n) is 1.86.